The highest BCUT2D eigenvalue weighted by atomic mass is 19.4. The standard InChI is InChI=1S/C17H23N9O2.C2HF3O2/c1-23-10-18-13(22-23)17(28)25-6-5-24-7-8-26-14(12(24)9-25)20-21-15(26)16(27)19-11-3-2-4-11;3-2(4,5)1(6)7/h10-12H,2-9H2,1H3,(H,19,27);(H,6,7). The molecule has 1 saturated carbocycles. The van der Waals surface area contributed by atoms with Gasteiger partial charge >= 0.3 is 12.1 Å². The molecular weight excluding hydrogens is 475 g/mol. The summed E-state index contributed by atoms with van der Waals surface area (Å²) in [5.74, 6) is -1.77. The number of alkyl halides is 3. The number of nitrogens with zero attached hydrogens (tertiary/aromatic N) is 8. The van der Waals surface area contributed by atoms with Gasteiger partial charge in [-0.15, -0.1) is 15.3 Å². The fourth-order valence-corrected chi connectivity index (χ4v) is 4.08. The third kappa shape index (κ3) is 5.26. The summed E-state index contributed by atoms with van der Waals surface area (Å²) in [5.41, 5.74) is 0. The lowest BCUT2D eigenvalue weighted by molar-refractivity contribution is -0.192. The van der Waals surface area contributed by atoms with Gasteiger partial charge in [-0.3, -0.25) is 19.2 Å². The Hall–Kier alpha value is -3.56. The van der Waals surface area contributed by atoms with Crippen molar-refractivity contribution in [3.8, 4) is 0 Å². The molecule has 4 heterocycles. The van der Waals surface area contributed by atoms with Crippen molar-refractivity contribution < 1.29 is 32.7 Å². The van der Waals surface area contributed by atoms with Crippen molar-refractivity contribution >= 4 is 17.8 Å². The maximum absolute atomic E-state index is 12.7. The van der Waals surface area contributed by atoms with Crippen LogP contribution in [0.4, 0.5) is 13.2 Å². The maximum Gasteiger partial charge on any atom is 0.490 e. The molecular formula is C19H24F3N9O4. The van der Waals surface area contributed by atoms with E-state index >= 15 is 0 Å². The smallest absolute Gasteiger partial charge is 0.475 e. The fourth-order valence-electron chi connectivity index (χ4n) is 4.08. The first-order chi connectivity index (χ1) is 16.5. The van der Waals surface area contributed by atoms with Gasteiger partial charge in [-0.2, -0.15) is 13.2 Å². The predicted octanol–water partition coefficient (Wildman–Crippen LogP) is -0.165. The predicted molar refractivity (Wildman–Crippen MR) is 110 cm³/mol. The number of piperazine rings is 1. The van der Waals surface area contributed by atoms with Crippen molar-refractivity contribution in [3.63, 3.8) is 0 Å². The van der Waals surface area contributed by atoms with E-state index in [4.69, 9.17) is 9.90 Å². The van der Waals surface area contributed by atoms with Crippen LogP contribution >= 0.6 is 0 Å². The van der Waals surface area contributed by atoms with Crippen molar-refractivity contribution in [2.45, 2.75) is 44.1 Å². The molecule has 0 bridgehead atoms. The van der Waals surface area contributed by atoms with Crippen LogP contribution in [0.2, 0.25) is 0 Å². The van der Waals surface area contributed by atoms with Crippen LogP contribution in [0.5, 0.6) is 0 Å². The zero-order valence-corrected chi connectivity index (χ0v) is 18.8. The lowest BCUT2D eigenvalue weighted by Crippen LogP contribution is -2.54. The first-order valence-electron chi connectivity index (χ1n) is 11.0. The largest absolute Gasteiger partial charge is 0.490 e. The molecule has 1 atom stereocenters. The number of aromatic nitrogens is 6. The molecule has 1 aliphatic carbocycles. The molecule has 5 rings (SSSR count). The molecule has 2 aromatic rings. The number of carboxylic acids is 1. The molecule has 2 N–H and O–H groups in total. The summed E-state index contributed by atoms with van der Waals surface area (Å²) in [4.78, 5) is 42.3. The van der Waals surface area contributed by atoms with E-state index in [1.165, 1.54) is 11.0 Å². The van der Waals surface area contributed by atoms with E-state index in [-0.39, 0.29) is 29.7 Å². The van der Waals surface area contributed by atoms with Gasteiger partial charge in [0.25, 0.3) is 11.8 Å². The van der Waals surface area contributed by atoms with Crippen LogP contribution in [-0.2, 0) is 18.4 Å². The van der Waals surface area contributed by atoms with Gasteiger partial charge in [0.15, 0.2) is 5.82 Å². The molecule has 13 nitrogen and oxygen atoms in total. The van der Waals surface area contributed by atoms with Crippen LogP contribution in [0.1, 0.15) is 52.4 Å². The SMILES string of the molecule is Cn1cnc(C(=O)N2CCN3CCn4c(C(=O)NC5CCC5)nnc4C3C2)n1.O=C(O)C(F)(F)F. The summed E-state index contributed by atoms with van der Waals surface area (Å²) in [6.07, 6.45) is -0.341. The number of rotatable bonds is 3. The molecule has 1 saturated heterocycles. The van der Waals surface area contributed by atoms with Gasteiger partial charge in [-0.1, -0.05) is 0 Å². The summed E-state index contributed by atoms with van der Waals surface area (Å²) in [6.45, 7) is 3.35. The van der Waals surface area contributed by atoms with Gasteiger partial charge in [0.2, 0.25) is 11.6 Å². The zero-order chi connectivity index (χ0) is 25.3. The van der Waals surface area contributed by atoms with Gasteiger partial charge in [-0.05, 0) is 19.3 Å². The molecule has 2 aromatic heterocycles. The van der Waals surface area contributed by atoms with Gasteiger partial charge < -0.3 is 19.9 Å². The second kappa shape index (κ2) is 9.59. The Balaban J connectivity index is 0.000000364. The minimum absolute atomic E-state index is 0.0760. The number of amides is 2. The summed E-state index contributed by atoms with van der Waals surface area (Å²) in [5, 5.41) is 22.8. The molecule has 3 aliphatic rings. The third-order valence-electron chi connectivity index (χ3n) is 6.14. The monoisotopic (exact) mass is 499 g/mol. The molecule has 190 valence electrons. The van der Waals surface area contributed by atoms with Crippen LogP contribution in [0.25, 0.3) is 0 Å². The molecule has 2 fully saturated rings. The van der Waals surface area contributed by atoms with E-state index in [1.54, 1.807) is 11.9 Å². The van der Waals surface area contributed by atoms with Crippen LogP contribution in [-0.4, -0.2) is 101 Å². The normalized spacial score (nSPS) is 20.1. The highest BCUT2D eigenvalue weighted by Crippen LogP contribution is 2.29. The topological polar surface area (TPSA) is 151 Å². The average Bonchev–Trinajstić information content (AvgIpc) is 3.41. The Bertz CT molecular complexity index is 1110. The molecule has 35 heavy (non-hydrogen) atoms. The van der Waals surface area contributed by atoms with E-state index < -0.39 is 12.1 Å². The average molecular weight is 499 g/mol. The number of hydrogen-bond donors (Lipinski definition) is 2. The van der Waals surface area contributed by atoms with Crippen molar-refractivity contribution in [2.24, 2.45) is 7.05 Å². The molecule has 1 unspecified atom stereocenters. The number of carbonyl (C=O) groups excluding carboxylic acids is 2. The van der Waals surface area contributed by atoms with Crippen molar-refractivity contribution in [3.05, 3.63) is 23.8 Å². The quantitative estimate of drug-likeness (QED) is 0.587. The molecule has 0 aromatic carbocycles. The van der Waals surface area contributed by atoms with Crippen LogP contribution < -0.4 is 5.32 Å². The number of hydrogen-bond acceptors (Lipinski definition) is 8. The Morgan fingerprint density at radius 2 is 1.80 bits per heavy atom. The Labute approximate surface area is 196 Å². The summed E-state index contributed by atoms with van der Waals surface area (Å²) < 4.78 is 35.2. The summed E-state index contributed by atoms with van der Waals surface area (Å²) in [6, 6.07) is 0.183. The first kappa shape index (κ1) is 24.6. The highest BCUT2D eigenvalue weighted by Gasteiger charge is 2.39. The number of halogens is 3. The van der Waals surface area contributed by atoms with Gasteiger partial charge in [0.1, 0.15) is 6.33 Å². The first-order valence-corrected chi connectivity index (χ1v) is 11.0. The van der Waals surface area contributed by atoms with Crippen molar-refractivity contribution in [2.75, 3.05) is 26.2 Å². The van der Waals surface area contributed by atoms with Gasteiger partial charge in [0.05, 0.1) is 6.04 Å². The Morgan fingerprint density at radius 3 is 2.37 bits per heavy atom. The fraction of sp³-hybridized carbons (Fsp3) is 0.632. The van der Waals surface area contributed by atoms with Crippen LogP contribution in [0.15, 0.2) is 6.33 Å². The molecule has 2 amide bonds. The van der Waals surface area contributed by atoms with Crippen LogP contribution in [0, 0.1) is 0 Å². The molecule has 0 radical (unpaired) electrons. The van der Waals surface area contributed by atoms with E-state index in [0.29, 0.717) is 25.5 Å². The van der Waals surface area contributed by atoms with E-state index in [0.717, 1.165) is 38.2 Å². The van der Waals surface area contributed by atoms with Crippen LogP contribution in [0.3, 0.4) is 0 Å². The van der Waals surface area contributed by atoms with Crippen molar-refractivity contribution in [1.82, 2.24) is 44.6 Å². The zero-order valence-electron chi connectivity index (χ0n) is 18.8. The van der Waals surface area contributed by atoms with Crippen molar-refractivity contribution in [1.29, 1.82) is 0 Å². The molecule has 0 spiro atoms. The number of carboxylic acid groups (broad SMARTS) is 1. The van der Waals surface area contributed by atoms with Gasteiger partial charge in [0, 0.05) is 45.8 Å². The Morgan fingerprint density at radius 1 is 1.11 bits per heavy atom. The lowest BCUT2D eigenvalue weighted by Gasteiger charge is -2.43. The molecule has 2 aliphatic heterocycles. The molecule has 16 heteroatoms. The maximum atomic E-state index is 12.7. The Kier molecular flexibility index (Phi) is 6.73. The summed E-state index contributed by atoms with van der Waals surface area (Å²) >= 11 is 0. The minimum atomic E-state index is -5.08. The van der Waals surface area contributed by atoms with E-state index in [9.17, 15) is 22.8 Å². The number of aryl methyl sites for hydroxylation is 1. The number of nitrogens with one attached hydrogen (secondary N) is 1. The van der Waals surface area contributed by atoms with E-state index in [2.05, 4.69) is 30.5 Å². The number of aliphatic carboxylic acids is 1. The minimum Gasteiger partial charge on any atom is -0.475 e. The second-order valence-corrected chi connectivity index (χ2v) is 8.48. The lowest BCUT2D eigenvalue weighted by atomic mass is 9.93. The number of fused-ring (bicyclic) bond motifs is 3. The highest BCUT2D eigenvalue weighted by molar-refractivity contribution is 5.91. The van der Waals surface area contributed by atoms with E-state index in [1.807, 2.05) is 4.57 Å². The second-order valence-electron chi connectivity index (χ2n) is 8.48. The summed E-state index contributed by atoms with van der Waals surface area (Å²) in [7, 11) is 1.74. The van der Waals surface area contributed by atoms with Gasteiger partial charge in [-0.25, -0.2) is 9.78 Å². The third-order valence-corrected chi connectivity index (χ3v) is 6.14. The number of carbonyl (C=O) groups is 3.